The van der Waals surface area contributed by atoms with Gasteiger partial charge in [-0.3, -0.25) is 9.69 Å². The summed E-state index contributed by atoms with van der Waals surface area (Å²) < 4.78 is 53.0. The summed E-state index contributed by atoms with van der Waals surface area (Å²) in [4.78, 5) is 14.8. The van der Waals surface area contributed by atoms with E-state index in [4.69, 9.17) is 0 Å². The molecule has 2 aromatic rings. The first kappa shape index (κ1) is 25.3. The Bertz CT molecular complexity index is 1220. The van der Waals surface area contributed by atoms with Gasteiger partial charge in [0.05, 0.1) is 16.3 Å². The van der Waals surface area contributed by atoms with Gasteiger partial charge in [0.25, 0.3) is 0 Å². The fourth-order valence-corrected chi connectivity index (χ4v) is 6.21. The molecule has 9 nitrogen and oxygen atoms in total. The lowest BCUT2D eigenvalue weighted by Crippen LogP contribution is -2.50. The zero-order valence-electron chi connectivity index (χ0n) is 19.3. The molecular formula is C22H30N4O5S2. The standard InChI is InChI=1S/C22H30N4O5S2/c1-17-5-6-18(2)21(15-17)33(30,31)26-13-11-25(12-14-26)16-22(27)23-19-7-9-20(10-8-19)32(28,29)24(3)4/h5-10,15H,11-14,16H2,1-4H3,(H,23,27). The first-order valence-corrected chi connectivity index (χ1v) is 13.4. The molecule has 3 rings (SSSR count). The summed E-state index contributed by atoms with van der Waals surface area (Å²) in [5.74, 6) is -0.246. The highest BCUT2D eigenvalue weighted by atomic mass is 32.2. The van der Waals surface area contributed by atoms with E-state index in [1.165, 1.54) is 30.5 Å². The number of piperazine rings is 1. The van der Waals surface area contributed by atoms with Gasteiger partial charge in [0, 0.05) is 46.0 Å². The van der Waals surface area contributed by atoms with Crippen LogP contribution in [0.4, 0.5) is 5.69 Å². The van der Waals surface area contributed by atoms with Gasteiger partial charge in [0.2, 0.25) is 26.0 Å². The minimum atomic E-state index is -3.58. The normalized spacial score (nSPS) is 16.2. The summed E-state index contributed by atoms with van der Waals surface area (Å²) in [6, 6.07) is 11.4. The summed E-state index contributed by atoms with van der Waals surface area (Å²) in [7, 11) is -4.20. The molecule has 180 valence electrons. The highest BCUT2D eigenvalue weighted by Gasteiger charge is 2.30. The Kier molecular flexibility index (Phi) is 7.59. The fourth-order valence-electron chi connectivity index (χ4n) is 3.58. The topological polar surface area (TPSA) is 107 Å². The summed E-state index contributed by atoms with van der Waals surface area (Å²) in [5.41, 5.74) is 2.10. The molecule has 1 heterocycles. The van der Waals surface area contributed by atoms with Gasteiger partial charge in [-0.1, -0.05) is 12.1 Å². The predicted octanol–water partition coefficient (Wildman–Crippen LogP) is 1.50. The van der Waals surface area contributed by atoms with Crippen LogP contribution in [0.25, 0.3) is 0 Å². The maximum absolute atomic E-state index is 13.1. The van der Waals surface area contributed by atoms with Crippen molar-refractivity contribution in [2.45, 2.75) is 23.6 Å². The second-order valence-electron chi connectivity index (χ2n) is 8.31. The van der Waals surface area contributed by atoms with Crippen molar-refractivity contribution in [3.63, 3.8) is 0 Å². The van der Waals surface area contributed by atoms with Crippen LogP contribution >= 0.6 is 0 Å². The fraction of sp³-hybridized carbons (Fsp3) is 0.409. The first-order chi connectivity index (χ1) is 15.4. The Morgan fingerprint density at radius 1 is 0.939 bits per heavy atom. The highest BCUT2D eigenvalue weighted by Crippen LogP contribution is 2.22. The van der Waals surface area contributed by atoms with Gasteiger partial charge in [-0.2, -0.15) is 4.31 Å². The molecule has 33 heavy (non-hydrogen) atoms. The lowest BCUT2D eigenvalue weighted by molar-refractivity contribution is -0.117. The van der Waals surface area contributed by atoms with Crippen molar-refractivity contribution in [1.29, 1.82) is 0 Å². The van der Waals surface area contributed by atoms with Crippen LogP contribution in [-0.2, 0) is 24.8 Å². The number of hydrogen-bond donors (Lipinski definition) is 1. The Hall–Kier alpha value is -2.31. The quantitative estimate of drug-likeness (QED) is 0.625. The van der Waals surface area contributed by atoms with Crippen LogP contribution in [0, 0.1) is 13.8 Å². The van der Waals surface area contributed by atoms with Gasteiger partial charge in [0.1, 0.15) is 0 Å². The van der Waals surface area contributed by atoms with Crippen molar-refractivity contribution >= 4 is 31.6 Å². The first-order valence-electron chi connectivity index (χ1n) is 10.5. The van der Waals surface area contributed by atoms with E-state index in [2.05, 4.69) is 5.32 Å². The van der Waals surface area contributed by atoms with Crippen LogP contribution in [0.3, 0.4) is 0 Å². The minimum Gasteiger partial charge on any atom is -0.325 e. The molecule has 0 spiro atoms. The van der Waals surface area contributed by atoms with Gasteiger partial charge in [-0.15, -0.1) is 0 Å². The van der Waals surface area contributed by atoms with E-state index < -0.39 is 20.0 Å². The second kappa shape index (κ2) is 9.90. The van der Waals surface area contributed by atoms with Gasteiger partial charge in [0.15, 0.2) is 0 Å². The van der Waals surface area contributed by atoms with E-state index in [1.807, 2.05) is 24.0 Å². The summed E-state index contributed by atoms with van der Waals surface area (Å²) >= 11 is 0. The maximum Gasteiger partial charge on any atom is 0.243 e. The molecule has 1 fully saturated rings. The van der Waals surface area contributed by atoms with E-state index in [0.29, 0.717) is 42.3 Å². The lowest BCUT2D eigenvalue weighted by Gasteiger charge is -2.33. The van der Waals surface area contributed by atoms with Crippen LogP contribution in [0.1, 0.15) is 11.1 Å². The average Bonchev–Trinajstić information content (AvgIpc) is 2.76. The number of hydrogen-bond acceptors (Lipinski definition) is 6. The number of sulfonamides is 2. The molecule has 11 heteroatoms. The Balaban J connectivity index is 1.56. The molecule has 2 aromatic carbocycles. The number of nitrogens with zero attached hydrogens (tertiary/aromatic N) is 3. The Labute approximate surface area is 196 Å². The second-order valence-corrected chi connectivity index (χ2v) is 12.4. The van der Waals surface area contributed by atoms with Crippen molar-refractivity contribution in [3.05, 3.63) is 53.6 Å². The van der Waals surface area contributed by atoms with Crippen LogP contribution < -0.4 is 5.32 Å². The molecule has 0 aliphatic carbocycles. The molecule has 0 bridgehead atoms. The van der Waals surface area contributed by atoms with Crippen molar-refractivity contribution < 1.29 is 21.6 Å². The third-order valence-corrected chi connectivity index (χ3v) is 9.45. The molecule has 0 unspecified atom stereocenters. The molecule has 0 atom stereocenters. The zero-order valence-corrected chi connectivity index (χ0v) is 20.9. The van der Waals surface area contributed by atoms with Crippen molar-refractivity contribution in [2.24, 2.45) is 0 Å². The van der Waals surface area contributed by atoms with E-state index in [-0.39, 0.29) is 17.3 Å². The SMILES string of the molecule is Cc1ccc(C)c(S(=O)(=O)N2CCN(CC(=O)Nc3ccc(S(=O)(=O)N(C)C)cc3)CC2)c1. The smallest absolute Gasteiger partial charge is 0.243 e. The number of rotatable bonds is 7. The van der Waals surface area contributed by atoms with E-state index in [1.54, 1.807) is 25.1 Å². The van der Waals surface area contributed by atoms with E-state index >= 15 is 0 Å². The summed E-state index contributed by atoms with van der Waals surface area (Å²) in [5, 5.41) is 2.76. The van der Waals surface area contributed by atoms with Gasteiger partial charge >= 0.3 is 0 Å². The number of carbonyl (C=O) groups is 1. The molecule has 0 aromatic heterocycles. The van der Waals surface area contributed by atoms with Crippen LogP contribution in [0.5, 0.6) is 0 Å². The summed E-state index contributed by atoms with van der Waals surface area (Å²) in [6.07, 6.45) is 0. The van der Waals surface area contributed by atoms with Gasteiger partial charge < -0.3 is 5.32 Å². The van der Waals surface area contributed by atoms with Gasteiger partial charge in [-0.05, 0) is 55.3 Å². The van der Waals surface area contributed by atoms with Crippen molar-refractivity contribution in [3.8, 4) is 0 Å². The third-order valence-electron chi connectivity index (χ3n) is 5.58. The average molecular weight is 495 g/mol. The molecule has 0 radical (unpaired) electrons. The van der Waals surface area contributed by atoms with Crippen molar-refractivity contribution in [1.82, 2.24) is 13.5 Å². The number of nitrogens with one attached hydrogen (secondary N) is 1. The number of benzene rings is 2. The van der Waals surface area contributed by atoms with Crippen molar-refractivity contribution in [2.75, 3.05) is 52.1 Å². The molecule has 1 aliphatic rings. The Morgan fingerprint density at radius 2 is 1.55 bits per heavy atom. The lowest BCUT2D eigenvalue weighted by atomic mass is 10.2. The largest absolute Gasteiger partial charge is 0.325 e. The number of anilines is 1. The molecular weight excluding hydrogens is 464 g/mol. The number of amides is 1. The predicted molar refractivity (Wildman–Crippen MR) is 127 cm³/mol. The van der Waals surface area contributed by atoms with E-state index in [9.17, 15) is 21.6 Å². The summed E-state index contributed by atoms with van der Waals surface area (Å²) in [6.45, 7) is 5.27. The van der Waals surface area contributed by atoms with Gasteiger partial charge in [-0.25, -0.2) is 21.1 Å². The maximum atomic E-state index is 13.1. The monoisotopic (exact) mass is 494 g/mol. The minimum absolute atomic E-state index is 0.120. The molecule has 1 amide bonds. The molecule has 1 saturated heterocycles. The van der Waals surface area contributed by atoms with Crippen LogP contribution in [-0.4, -0.2) is 83.1 Å². The van der Waals surface area contributed by atoms with Crippen LogP contribution in [0.2, 0.25) is 0 Å². The number of carbonyl (C=O) groups excluding carboxylic acids is 1. The molecule has 0 saturated carbocycles. The zero-order chi connectivity index (χ0) is 24.4. The molecule has 1 N–H and O–H groups in total. The molecule has 1 aliphatic heterocycles. The number of aryl methyl sites for hydroxylation is 2. The van der Waals surface area contributed by atoms with Crippen LogP contribution in [0.15, 0.2) is 52.3 Å². The van der Waals surface area contributed by atoms with E-state index in [0.717, 1.165) is 9.87 Å². The highest BCUT2D eigenvalue weighted by molar-refractivity contribution is 7.89. The third kappa shape index (κ3) is 5.79. The Morgan fingerprint density at radius 3 is 2.12 bits per heavy atom.